The highest BCUT2D eigenvalue weighted by Crippen LogP contribution is 2.32. The van der Waals surface area contributed by atoms with Gasteiger partial charge in [-0.05, 0) is 81.0 Å². The largest absolute Gasteiger partial charge is 0.506 e. The van der Waals surface area contributed by atoms with Gasteiger partial charge in [-0.15, -0.1) is 0 Å². The normalized spacial score (nSPS) is 14.2. The Labute approximate surface area is 290 Å². The van der Waals surface area contributed by atoms with Crippen LogP contribution in [0.5, 0.6) is 5.75 Å². The molecule has 1 aliphatic rings. The average Bonchev–Trinajstić information content (AvgIpc) is 3.55. The molecule has 0 aliphatic carbocycles. The second-order valence-corrected chi connectivity index (χ2v) is 12.6. The number of aromatic hydroxyl groups is 1. The predicted molar refractivity (Wildman–Crippen MR) is 195 cm³/mol. The summed E-state index contributed by atoms with van der Waals surface area (Å²) in [5.41, 5.74) is 6.21. The highest BCUT2D eigenvalue weighted by atomic mass is 16.5. The van der Waals surface area contributed by atoms with Crippen molar-refractivity contribution >= 4 is 39.3 Å². The molecule has 5 aromatic rings. The number of carbonyl (C=O) groups excluding carboxylic acids is 1. The molecule has 0 bridgehead atoms. The molecule has 1 saturated heterocycles. The molecule has 4 heterocycles. The molecule has 0 unspecified atom stereocenters. The smallest absolute Gasteiger partial charge is 0.319 e. The Balaban J connectivity index is 1.000. The Morgan fingerprint density at radius 3 is 2.64 bits per heavy atom. The van der Waals surface area contributed by atoms with Crippen molar-refractivity contribution in [1.82, 2.24) is 30.4 Å². The van der Waals surface area contributed by atoms with Gasteiger partial charge in [-0.2, -0.15) is 5.10 Å². The molecule has 2 amide bonds. The molecule has 264 valence electrons. The summed E-state index contributed by atoms with van der Waals surface area (Å²) in [5, 5.41) is 40.0. The van der Waals surface area contributed by atoms with E-state index < -0.39 is 6.10 Å². The zero-order valence-corrected chi connectivity index (χ0v) is 28.6. The van der Waals surface area contributed by atoms with Gasteiger partial charge in [0.05, 0.1) is 28.9 Å². The lowest BCUT2D eigenvalue weighted by Gasteiger charge is -2.26. The summed E-state index contributed by atoms with van der Waals surface area (Å²) in [6.07, 6.45) is 5.29. The Hall–Kier alpha value is -4.98. The standard InChI is InChI=1S/C37H46N8O5/c1-3-30-28(34(41-25-15-18-50-19-16-25)29-21-40-45(4-2)36(29)43-30)20-39-37(49)42-24-9-7-23(8-10-24)6-5-17-38-22-32(47)26-11-13-31(46)35-27(26)12-14-33(48)44-35/h7-14,21,25,32,38,46-47H,3-6,15-20,22H2,1-2H3,(H,41,43)(H,44,48)(H2,39,42,49)/t32-/m0/s1. The Kier molecular flexibility index (Phi) is 11.3. The van der Waals surface area contributed by atoms with E-state index in [4.69, 9.17) is 9.72 Å². The maximum atomic E-state index is 13.0. The number of pyridine rings is 2. The first-order valence-electron chi connectivity index (χ1n) is 17.4. The first-order valence-corrected chi connectivity index (χ1v) is 17.4. The Bertz CT molecular complexity index is 1980. The number of nitrogens with zero attached hydrogens (tertiary/aromatic N) is 3. The fourth-order valence-corrected chi connectivity index (χ4v) is 6.52. The number of carbonyl (C=O) groups is 1. The first kappa shape index (κ1) is 34.9. The maximum Gasteiger partial charge on any atom is 0.319 e. The summed E-state index contributed by atoms with van der Waals surface area (Å²) in [5.74, 6) is -0.0337. The molecular formula is C37H46N8O5. The number of aliphatic hydroxyl groups excluding tert-OH is 1. The van der Waals surface area contributed by atoms with Gasteiger partial charge in [-0.3, -0.25) is 4.79 Å². The number of nitrogens with one attached hydrogen (secondary N) is 5. The van der Waals surface area contributed by atoms with Gasteiger partial charge in [0.15, 0.2) is 5.65 Å². The lowest BCUT2D eigenvalue weighted by Crippen LogP contribution is -2.31. The summed E-state index contributed by atoms with van der Waals surface area (Å²) < 4.78 is 7.48. The van der Waals surface area contributed by atoms with E-state index in [1.54, 1.807) is 12.1 Å². The molecule has 3 aromatic heterocycles. The molecule has 1 atom stereocenters. The van der Waals surface area contributed by atoms with Gasteiger partial charge in [-0.1, -0.05) is 25.1 Å². The van der Waals surface area contributed by atoms with E-state index in [9.17, 15) is 19.8 Å². The van der Waals surface area contributed by atoms with Crippen LogP contribution in [0.2, 0.25) is 0 Å². The van der Waals surface area contributed by atoms with E-state index >= 15 is 0 Å². The topological polar surface area (TPSA) is 178 Å². The second-order valence-electron chi connectivity index (χ2n) is 12.6. The van der Waals surface area contributed by atoms with Gasteiger partial charge in [0.25, 0.3) is 0 Å². The average molecular weight is 683 g/mol. The Morgan fingerprint density at radius 1 is 1.08 bits per heavy atom. The first-order chi connectivity index (χ1) is 24.3. The molecule has 1 fully saturated rings. The van der Waals surface area contributed by atoms with Crippen molar-refractivity contribution in [2.75, 3.05) is 36.9 Å². The number of aromatic amines is 1. The SMILES string of the molecule is CCc1nc2c(cnn2CC)c(NC2CCOCC2)c1CNC(=O)Nc1ccc(CCCNC[C@H](O)c2ccc(O)c3[nH]c(=O)ccc23)cc1. The molecule has 0 spiro atoms. The van der Waals surface area contributed by atoms with Crippen LogP contribution in [0.15, 0.2) is 59.5 Å². The fourth-order valence-electron chi connectivity index (χ4n) is 6.52. The number of fused-ring (bicyclic) bond motifs is 2. The number of rotatable bonds is 14. The van der Waals surface area contributed by atoms with E-state index in [-0.39, 0.29) is 23.4 Å². The lowest BCUT2D eigenvalue weighted by molar-refractivity contribution is 0.0904. The monoisotopic (exact) mass is 682 g/mol. The maximum absolute atomic E-state index is 13.0. The zero-order chi connectivity index (χ0) is 35.0. The Morgan fingerprint density at radius 2 is 1.88 bits per heavy atom. The number of amides is 2. The number of hydrogen-bond acceptors (Lipinski definition) is 9. The third-order valence-corrected chi connectivity index (χ3v) is 9.24. The highest BCUT2D eigenvalue weighted by molar-refractivity contribution is 5.93. The number of aliphatic hydroxyl groups is 1. The van der Waals surface area contributed by atoms with E-state index in [0.717, 1.165) is 85.4 Å². The number of ether oxygens (including phenoxy) is 1. The van der Waals surface area contributed by atoms with Crippen molar-refractivity contribution in [3.05, 3.63) is 87.5 Å². The van der Waals surface area contributed by atoms with Gasteiger partial charge in [0.1, 0.15) is 5.75 Å². The van der Waals surface area contributed by atoms with Crippen LogP contribution in [-0.4, -0.2) is 68.3 Å². The molecule has 13 nitrogen and oxygen atoms in total. The van der Waals surface area contributed by atoms with Crippen LogP contribution in [-0.2, 0) is 30.7 Å². The summed E-state index contributed by atoms with van der Waals surface area (Å²) >= 11 is 0. The number of urea groups is 1. The molecule has 6 rings (SSSR count). The van der Waals surface area contributed by atoms with Crippen LogP contribution in [0.3, 0.4) is 0 Å². The van der Waals surface area contributed by atoms with Gasteiger partial charge in [-0.25, -0.2) is 14.5 Å². The second kappa shape index (κ2) is 16.2. The third kappa shape index (κ3) is 8.07. The van der Waals surface area contributed by atoms with Crippen LogP contribution >= 0.6 is 0 Å². The summed E-state index contributed by atoms with van der Waals surface area (Å²) in [6.45, 7) is 7.65. The molecule has 2 aromatic carbocycles. The van der Waals surface area contributed by atoms with Crippen LogP contribution in [0.1, 0.15) is 61.6 Å². The fraction of sp³-hybridized carbons (Fsp3) is 0.405. The number of phenols is 1. The van der Waals surface area contributed by atoms with E-state index in [0.29, 0.717) is 41.8 Å². The number of hydrogen-bond donors (Lipinski definition) is 7. The van der Waals surface area contributed by atoms with Gasteiger partial charge in [0, 0.05) is 67.3 Å². The van der Waals surface area contributed by atoms with Crippen molar-refractivity contribution in [2.24, 2.45) is 0 Å². The van der Waals surface area contributed by atoms with Crippen LogP contribution < -0.4 is 26.8 Å². The minimum absolute atomic E-state index is 0.0337. The molecule has 7 N–H and O–H groups in total. The van der Waals surface area contributed by atoms with Crippen molar-refractivity contribution in [3.8, 4) is 5.75 Å². The molecular weight excluding hydrogens is 636 g/mol. The van der Waals surface area contributed by atoms with Crippen molar-refractivity contribution < 1.29 is 19.7 Å². The minimum atomic E-state index is -0.803. The van der Waals surface area contributed by atoms with Crippen molar-refractivity contribution in [1.29, 1.82) is 0 Å². The summed E-state index contributed by atoms with van der Waals surface area (Å²) in [4.78, 5) is 32.3. The van der Waals surface area contributed by atoms with Crippen molar-refractivity contribution in [2.45, 2.75) is 71.2 Å². The third-order valence-electron chi connectivity index (χ3n) is 9.24. The summed E-state index contributed by atoms with van der Waals surface area (Å²) in [6, 6.07) is 13.9. The molecule has 0 radical (unpaired) electrons. The quantitative estimate of drug-likeness (QED) is 0.0816. The predicted octanol–water partition coefficient (Wildman–Crippen LogP) is 4.73. The number of anilines is 2. The van der Waals surface area contributed by atoms with Crippen LogP contribution in [0.25, 0.3) is 21.9 Å². The number of phenolic OH excluding ortho intramolecular Hbond substituents is 1. The lowest BCUT2D eigenvalue weighted by atomic mass is 10.0. The summed E-state index contributed by atoms with van der Waals surface area (Å²) in [7, 11) is 0. The minimum Gasteiger partial charge on any atom is -0.506 e. The van der Waals surface area contributed by atoms with Crippen LogP contribution in [0, 0.1) is 0 Å². The van der Waals surface area contributed by atoms with Gasteiger partial charge in [0.2, 0.25) is 5.56 Å². The number of aromatic nitrogens is 4. The molecule has 0 saturated carbocycles. The van der Waals surface area contributed by atoms with E-state index in [1.807, 2.05) is 35.1 Å². The van der Waals surface area contributed by atoms with Gasteiger partial charge >= 0.3 is 6.03 Å². The number of H-pyrrole nitrogens is 1. The van der Waals surface area contributed by atoms with E-state index in [2.05, 4.69) is 45.2 Å². The molecule has 13 heteroatoms. The highest BCUT2D eigenvalue weighted by Gasteiger charge is 2.22. The van der Waals surface area contributed by atoms with Crippen molar-refractivity contribution in [3.63, 3.8) is 0 Å². The zero-order valence-electron chi connectivity index (χ0n) is 28.6. The van der Waals surface area contributed by atoms with Gasteiger partial charge < -0.3 is 41.2 Å². The molecule has 1 aliphatic heterocycles. The molecule has 50 heavy (non-hydrogen) atoms. The van der Waals surface area contributed by atoms with E-state index in [1.165, 1.54) is 12.1 Å². The number of aryl methyl sites for hydroxylation is 3. The van der Waals surface area contributed by atoms with Crippen LogP contribution in [0.4, 0.5) is 16.2 Å². The number of benzene rings is 2.